The third kappa shape index (κ3) is 4.50. The van der Waals surface area contributed by atoms with Crippen LogP contribution in [0.5, 0.6) is 0 Å². The molecule has 1 N–H and O–H groups in total. The SMILES string of the molecule is COC(=O)C(Cc1ccc2c(c1)CCN2C(=O)c1cc(Cl)nc(Cl)c1)NC1=CC(=O)C12CCCCC2. The van der Waals surface area contributed by atoms with Gasteiger partial charge < -0.3 is 15.0 Å². The van der Waals surface area contributed by atoms with Gasteiger partial charge in [0, 0.05) is 36.0 Å². The molecule has 0 radical (unpaired) electrons. The number of fused-ring (bicyclic) bond motifs is 1. The van der Waals surface area contributed by atoms with E-state index in [9.17, 15) is 14.4 Å². The summed E-state index contributed by atoms with van der Waals surface area (Å²) in [6.45, 7) is 0.533. The van der Waals surface area contributed by atoms with Crippen LogP contribution in [0.15, 0.2) is 42.1 Å². The molecule has 1 unspecified atom stereocenters. The minimum atomic E-state index is -0.605. The van der Waals surface area contributed by atoms with Gasteiger partial charge in [0.25, 0.3) is 5.91 Å². The quantitative estimate of drug-likeness (QED) is 0.433. The zero-order valence-corrected chi connectivity index (χ0v) is 21.5. The first-order valence-corrected chi connectivity index (χ1v) is 12.9. The van der Waals surface area contributed by atoms with Crippen molar-refractivity contribution in [2.45, 2.75) is 51.0 Å². The molecule has 36 heavy (non-hydrogen) atoms. The van der Waals surface area contributed by atoms with E-state index in [1.807, 2.05) is 18.2 Å². The molecule has 0 saturated heterocycles. The minimum absolute atomic E-state index is 0.160. The van der Waals surface area contributed by atoms with Crippen molar-refractivity contribution in [2.24, 2.45) is 5.41 Å². The van der Waals surface area contributed by atoms with E-state index in [0.717, 1.165) is 54.6 Å². The fourth-order valence-corrected chi connectivity index (χ4v) is 6.07. The van der Waals surface area contributed by atoms with Crippen LogP contribution in [0.1, 0.15) is 53.6 Å². The first-order chi connectivity index (χ1) is 17.3. The van der Waals surface area contributed by atoms with Crippen LogP contribution in [0.2, 0.25) is 10.3 Å². The molecule has 1 aromatic heterocycles. The van der Waals surface area contributed by atoms with Crippen molar-refractivity contribution < 1.29 is 19.1 Å². The fraction of sp³-hybridized carbons (Fsp3) is 0.407. The van der Waals surface area contributed by atoms with Gasteiger partial charge in [0.15, 0.2) is 5.78 Å². The van der Waals surface area contributed by atoms with Crippen LogP contribution < -0.4 is 10.2 Å². The maximum Gasteiger partial charge on any atom is 0.328 e. The van der Waals surface area contributed by atoms with Gasteiger partial charge in [-0.05, 0) is 48.6 Å². The van der Waals surface area contributed by atoms with Gasteiger partial charge in [-0.2, -0.15) is 0 Å². The highest BCUT2D eigenvalue weighted by Gasteiger charge is 2.49. The monoisotopic (exact) mass is 527 g/mol. The average molecular weight is 528 g/mol. The number of carbonyl (C=O) groups excluding carboxylic acids is 3. The summed E-state index contributed by atoms with van der Waals surface area (Å²) in [5.41, 5.74) is 3.58. The number of halogens is 2. The Balaban J connectivity index is 1.33. The number of anilines is 1. The molecule has 9 heteroatoms. The molecule has 188 valence electrons. The summed E-state index contributed by atoms with van der Waals surface area (Å²) < 4.78 is 5.07. The number of ketones is 1. The molecule has 1 saturated carbocycles. The van der Waals surface area contributed by atoms with E-state index in [-0.39, 0.29) is 28.0 Å². The molecule has 1 aliphatic heterocycles. The number of hydrogen-bond donors (Lipinski definition) is 1. The Morgan fingerprint density at radius 2 is 1.86 bits per heavy atom. The second-order valence-electron chi connectivity index (χ2n) is 9.66. The van der Waals surface area contributed by atoms with Crippen LogP contribution in [-0.2, 0) is 27.2 Å². The number of amides is 1. The topological polar surface area (TPSA) is 88.6 Å². The number of carbonyl (C=O) groups is 3. The highest BCUT2D eigenvalue weighted by Crippen LogP contribution is 2.48. The molecule has 1 amide bonds. The number of nitrogens with one attached hydrogen (secondary N) is 1. The maximum atomic E-state index is 13.1. The molecule has 1 atom stereocenters. The normalized spacial score (nSPS) is 18.8. The van der Waals surface area contributed by atoms with E-state index < -0.39 is 11.5 Å². The number of nitrogens with zero attached hydrogens (tertiary/aromatic N) is 2. The molecule has 0 bridgehead atoms. The first-order valence-electron chi connectivity index (χ1n) is 12.2. The maximum absolute atomic E-state index is 13.1. The lowest BCUT2D eigenvalue weighted by atomic mass is 9.62. The van der Waals surface area contributed by atoms with E-state index in [1.165, 1.54) is 19.2 Å². The van der Waals surface area contributed by atoms with Crippen molar-refractivity contribution in [3.63, 3.8) is 0 Å². The molecule has 3 aliphatic rings. The fourth-order valence-electron chi connectivity index (χ4n) is 5.61. The summed E-state index contributed by atoms with van der Waals surface area (Å²) in [4.78, 5) is 43.8. The number of rotatable bonds is 6. The van der Waals surface area contributed by atoms with Gasteiger partial charge in [0.05, 0.1) is 12.5 Å². The number of benzene rings is 1. The Labute approximate surface area is 219 Å². The molecule has 5 rings (SSSR count). The van der Waals surface area contributed by atoms with E-state index in [1.54, 1.807) is 11.0 Å². The predicted molar refractivity (Wildman–Crippen MR) is 137 cm³/mol. The summed E-state index contributed by atoms with van der Waals surface area (Å²) in [5, 5.41) is 3.67. The number of ether oxygens (including phenoxy) is 1. The second-order valence-corrected chi connectivity index (χ2v) is 10.4. The van der Waals surface area contributed by atoms with E-state index >= 15 is 0 Å². The zero-order chi connectivity index (χ0) is 25.4. The van der Waals surface area contributed by atoms with Crippen LogP contribution in [0, 0.1) is 5.41 Å². The van der Waals surface area contributed by atoms with Gasteiger partial charge in [-0.25, -0.2) is 9.78 Å². The van der Waals surface area contributed by atoms with Crippen molar-refractivity contribution >= 4 is 46.5 Å². The predicted octanol–water partition coefficient (Wildman–Crippen LogP) is 4.68. The van der Waals surface area contributed by atoms with Crippen molar-refractivity contribution in [1.82, 2.24) is 10.3 Å². The first kappa shape index (κ1) is 24.8. The Bertz CT molecular complexity index is 1250. The van der Waals surface area contributed by atoms with Crippen LogP contribution in [0.25, 0.3) is 0 Å². The van der Waals surface area contributed by atoms with Crippen molar-refractivity contribution in [2.75, 3.05) is 18.6 Å². The summed E-state index contributed by atoms with van der Waals surface area (Å²) >= 11 is 12.0. The van der Waals surface area contributed by atoms with E-state index in [2.05, 4.69) is 10.3 Å². The second kappa shape index (κ2) is 9.87. The Morgan fingerprint density at radius 1 is 1.14 bits per heavy atom. The van der Waals surface area contributed by atoms with Gasteiger partial charge >= 0.3 is 5.97 Å². The lowest BCUT2D eigenvalue weighted by Gasteiger charge is -2.44. The third-order valence-corrected chi connectivity index (χ3v) is 7.91. The number of esters is 1. The van der Waals surface area contributed by atoms with Gasteiger partial charge in [0.2, 0.25) is 0 Å². The van der Waals surface area contributed by atoms with Crippen molar-refractivity contribution in [1.29, 1.82) is 0 Å². The van der Waals surface area contributed by atoms with Gasteiger partial charge in [-0.3, -0.25) is 9.59 Å². The largest absolute Gasteiger partial charge is 0.467 e. The highest BCUT2D eigenvalue weighted by atomic mass is 35.5. The molecular formula is C27H27Cl2N3O4. The number of methoxy groups -OCH3 is 1. The van der Waals surface area contributed by atoms with Crippen molar-refractivity contribution in [3.8, 4) is 0 Å². The lowest BCUT2D eigenvalue weighted by Crippen LogP contribution is -2.52. The summed E-state index contributed by atoms with van der Waals surface area (Å²) in [6.07, 6.45) is 7.57. The van der Waals surface area contributed by atoms with Crippen LogP contribution in [-0.4, -0.2) is 42.3 Å². The molecule has 1 aromatic carbocycles. The van der Waals surface area contributed by atoms with Crippen LogP contribution in [0.3, 0.4) is 0 Å². The third-order valence-electron chi connectivity index (χ3n) is 7.52. The van der Waals surface area contributed by atoms with E-state index in [0.29, 0.717) is 24.9 Å². The van der Waals surface area contributed by atoms with Crippen molar-refractivity contribution in [3.05, 3.63) is 69.1 Å². The number of hydrogen-bond acceptors (Lipinski definition) is 6. The smallest absolute Gasteiger partial charge is 0.328 e. The molecule has 1 spiro atoms. The molecule has 1 fully saturated rings. The Morgan fingerprint density at radius 3 is 2.53 bits per heavy atom. The number of aromatic nitrogens is 1. The Hall–Kier alpha value is -2.90. The summed E-state index contributed by atoms with van der Waals surface area (Å²) in [5.74, 6) is -0.404. The number of pyridine rings is 1. The lowest BCUT2D eigenvalue weighted by molar-refractivity contribution is -0.143. The summed E-state index contributed by atoms with van der Waals surface area (Å²) in [6, 6.07) is 8.27. The van der Waals surface area contributed by atoms with Gasteiger partial charge in [-0.1, -0.05) is 54.6 Å². The van der Waals surface area contributed by atoms with Gasteiger partial charge in [0.1, 0.15) is 16.3 Å². The summed E-state index contributed by atoms with van der Waals surface area (Å²) in [7, 11) is 1.37. The molecule has 7 nitrogen and oxygen atoms in total. The van der Waals surface area contributed by atoms with Crippen LogP contribution >= 0.6 is 23.2 Å². The zero-order valence-electron chi connectivity index (χ0n) is 20.0. The Kier molecular flexibility index (Phi) is 6.79. The number of allylic oxidation sites excluding steroid dienone is 2. The standard InChI is InChI=1S/C27H27Cl2N3O4/c1-36-26(35)19(30-21-15-22(33)27(21)8-3-2-4-9-27)12-16-5-6-20-17(11-16)7-10-32(20)25(34)18-13-23(28)31-24(29)14-18/h5-6,11,13-15,19,30H,2-4,7-10,12H2,1H3. The molecule has 2 aliphatic carbocycles. The average Bonchev–Trinajstić information content (AvgIpc) is 3.30. The molecule has 2 heterocycles. The molecule has 2 aromatic rings. The van der Waals surface area contributed by atoms with E-state index in [4.69, 9.17) is 27.9 Å². The minimum Gasteiger partial charge on any atom is -0.467 e. The highest BCUT2D eigenvalue weighted by molar-refractivity contribution is 6.33. The van der Waals surface area contributed by atoms with Crippen LogP contribution in [0.4, 0.5) is 5.69 Å². The van der Waals surface area contributed by atoms with Gasteiger partial charge in [-0.15, -0.1) is 0 Å². The molecular weight excluding hydrogens is 501 g/mol.